The molecule has 0 unspecified atom stereocenters. The summed E-state index contributed by atoms with van der Waals surface area (Å²) in [5, 5.41) is 3.27. The summed E-state index contributed by atoms with van der Waals surface area (Å²) in [5.74, 6) is 0.475. The summed E-state index contributed by atoms with van der Waals surface area (Å²) >= 11 is 3.14. The quantitative estimate of drug-likeness (QED) is 0.895. The van der Waals surface area contributed by atoms with Crippen molar-refractivity contribution in [3.63, 3.8) is 0 Å². The highest BCUT2D eigenvalue weighted by Gasteiger charge is 2.14. The number of hydrogen-bond donors (Lipinski definition) is 1. The molecule has 0 radical (unpaired) electrons. The van der Waals surface area contributed by atoms with Gasteiger partial charge in [0, 0.05) is 0 Å². The van der Waals surface area contributed by atoms with Gasteiger partial charge in [-0.3, -0.25) is 0 Å². The molecule has 0 saturated carbocycles. The summed E-state index contributed by atoms with van der Waals surface area (Å²) < 4.78 is 19.2. The minimum atomic E-state index is -0.257. The van der Waals surface area contributed by atoms with E-state index in [1.165, 1.54) is 6.07 Å². The van der Waals surface area contributed by atoms with Gasteiger partial charge in [-0.2, -0.15) is 0 Å². The van der Waals surface area contributed by atoms with Crippen LogP contribution < -0.4 is 10.1 Å². The van der Waals surface area contributed by atoms with E-state index in [2.05, 4.69) is 21.2 Å². The predicted octanol–water partition coefficient (Wildman–Crippen LogP) is 2.72. The van der Waals surface area contributed by atoms with Crippen molar-refractivity contribution < 1.29 is 9.13 Å². The average molecular weight is 274 g/mol. The third kappa shape index (κ3) is 2.92. The molecule has 0 amide bonds. The van der Waals surface area contributed by atoms with Crippen LogP contribution >= 0.6 is 15.9 Å². The first kappa shape index (κ1) is 10.9. The second kappa shape index (κ2) is 4.94. The topological polar surface area (TPSA) is 21.3 Å². The number of halogens is 2. The number of rotatable bonds is 2. The van der Waals surface area contributed by atoms with Gasteiger partial charge < -0.3 is 10.1 Å². The molecule has 1 aromatic carbocycles. The van der Waals surface area contributed by atoms with E-state index in [1.807, 2.05) is 0 Å². The van der Waals surface area contributed by atoms with Crippen LogP contribution in [0.4, 0.5) is 4.39 Å². The van der Waals surface area contributed by atoms with E-state index in [0.717, 1.165) is 31.7 Å². The van der Waals surface area contributed by atoms with Gasteiger partial charge in [-0.1, -0.05) is 0 Å². The molecule has 1 saturated heterocycles. The Labute approximate surface area is 96.9 Å². The van der Waals surface area contributed by atoms with Gasteiger partial charge >= 0.3 is 0 Å². The van der Waals surface area contributed by atoms with Crippen LogP contribution in [-0.2, 0) is 0 Å². The lowest BCUT2D eigenvalue weighted by atomic mass is 10.1. The Morgan fingerprint density at radius 3 is 2.73 bits per heavy atom. The molecule has 15 heavy (non-hydrogen) atoms. The van der Waals surface area contributed by atoms with Gasteiger partial charge in [0.1, 0.15) is 17.7 Å². The highest BCUT2D eigenvalue weighted by molar-refractivity contribution is 9.10. The third-order valence-electron chi connectivity index (χ3n) is 2.48. The molecule has 1 fully saturated rings. The van der Waals surface area contributed by atoms with Crippen LogP contribution in [0, 0.1) is 5.82 Å². The van der Waals surface area contributed by atoms with Crippen LogP contribution in [0.5, 0.6) is 5.75 Å². The molecule has 2 nitrogen and oxygen atoms in total. The first-order valence-electron chi connectivity index (χ1n) is 5.08. The van der Waals surface area contributed by atoms with E-state index < -0.39 is 0 Å². The van der Waals surface area contributed by atoms with Crippen LogP contribution in [0.25, 0.3) is 0 Å². The van der Waals surface area contributed by atoms with Crippen molar-refractivity contribution in [3.8, 4) is 5.75 Å². The molecule has 0 aromatic heterocycles. The Morgan fingerprint density at radius 2 is 2.07 bits per heavy atom. The first-order valence-corrected chi connectivity index (χ1v) is 5.87. The molecule has 1 aliphatic rings. The largest absolute Gasteiger partial charge is 0.490 e. The van der Waals surface area contributed by atoms with E-state index >= 15 is 0 Å². The number of hydrogen-bond acceptors (Lipinski definition) is 2. The zero-order chi connectivity index (χ0) is 10.7. The Kier molecular flexibility index (Phi) is 3.59. The highest BCUT2D eigenvalue weighted by Crippen LogP contribution is 2.23. The minimum absolute atomic E-state index is 0.253. The van der Waals surface area contributed by atoms with Gasteiger partial charge in [0.05, 0.1) is 4.47 Å². The van der Waals surface area contributed by atoms with Crippen molar-refractivity contribution in [1.29, 1.82) is 0 Å². The molecule has 1 aliphatic heterocycles. The molecule has 1 heterocycles. The summed E-state index contributed by atoms with van der Waals surface area (Å²) in [4.78, 5) is 0. The monoisotopic (exact) mass is 273 g/mol. The van der Waals surface area contributed by atoms with Gasteiger partial charge in [-0.05, 0) is 60.1 Å². The molecular formula is C11H13BrFNO. The maximum Gasteiger partial charge on any atom is 0.137 e. The van der Waals surface area contributed by atoms with E-state index in [1.54, 1.807) is 12.1 Å². The summed E-state index contributed by atoms with van der Waals surface area (Å²) in [6.45, 7) is 1.99. The summed E-state index contributed by atoms with van der Waals surface area (Å²) in [6.07, 6.45) is 2.27. The molecule has 1 N–H and O–H groups in total. The van der Waals surface area contributed by atoms with Crippen LogP contribution in [0.2, 0.25) is 0 Å². The average Bonchev–Trinajstić information content (AvgIpc) is 2.25. The number of ether oxygens (including phenoxy) is 1. The van der Waals surface area contributed by atoms with Crippen LogP contribution in [0.1, 0.15) is 12.8 Å². The van der Waals surface area contributed by atoms with Crippen LogP contribution in [0.15, 0.2) is 22.7 Å². The van der Waals surface area contributed by atoms with E-state index in [-0.39, 0.29) is 11.9 Å². The van der Waals surface area contributed by atoms with Crippen molar-refractivity contribution >= 4 is 15.9 Å². The smallest absolute Gasteiger partial charge is 0.137 e. The molecule has 0 spiro atoms. The summed E-state index contributed by atoms with van der Waals surface area (Å²) in [5.41, 5.74) is 0. The molecule has 4 heteroatoms. The Hall–Kier alpha value is -0.610. The molecule has 0 bridgehead atoms. The predicted molar refractivity (Wildman–Crippen MR) is 60.6 cm³/mol. The third-order valence-corrected chi connectivity index (χ3v) is 3.09. The fourth-order valence-electron chi connectivity index (χ4n) is 1.66. The standard InChI is InChI=1S/C11H13BrFNO/c12-10-7-9(1-2-11(10)13)15-8-3-5-14-6-4-8/h1-2,7-8,14H,3-6H2. The maximum absolute atomic E-state index is 13.0. The van der Waals surface area contributed by atoms with Crippen LogP contribution in [-0.4, -0.2) is 19.2 Å². The Balaban J connectivity index is 2.00. The highest BCUT2D eigenvalue weighted by atomic mass is 79.9. The second-order valence-electron chi connectivity index (χ2n) is 3.64. The number of piperidine rings is 1. The summed E-state index contributed by atoms with van der Waals surface area (Å²) in [6, 6.07) is 4.76. The molecule has 0 aliphatic carbocycles. The van der Waals surface area contributed by atoms with Gasteiger partial charge in [0.15, 0.2) is 0 Å². The summed E-state index contributed by atoms with van der Waals surface area (Å²) in [7, 11) is 0. The molecule has 0 atom stereocenters. The van der Waals surface area contributed by atoms with Crippen molar-refractivity contribution in [1.82, 2.24) is 5.32 Å². The Bertz CT molecular complexity index is 339. The van der Waals surface area contributed by atoms with Gasteiger partial charge in [0.25, 0.3) is 0 Å². The lowest BCUT2D eigenvalue weighted by molar-refractivity contribution is 0.162. The minimum Gasteiger partial charge on any atom is -0.490 e. The maximum atomic E-state index is 13.0. The number of nitrogens with one attached hydrogen (secondary N) is 1. The van der Waals surface area contributed by atoms with E-state index in [4.69, 9.17) is 4.74 Å². The van der Waals surface area contributed by atoms with Crippen molar-refractivity contribution in [2.75, 3.05) is 13.1 Å². The lowest BCUT2D eigenvalue weighted by Crippen LogP contribution is -2.34. The van der Waals surface area contributed by atoms with E-state index in [0.29, 0.717) is 4.47 Å². The SMILES string of the molecule is Fc1ccc(OC2CCNCC2)cc1Br. The van der Waals surface area contributed by atoms with Gasteiger partial charge in [-0.25, -0.2) is 4.39 Å². The Morgan fingerprint density at radius 1 is 1.33 bits per heavy atom. The molecule has 82 valence electrons. The first-order chi connectivity index (χ1) is 7.25. The fraction of sp³-hybridized carbons (Fsp3) is 0.455. The normalized spacial score (nSPS) is 17.7. The molecule has 1 aromatic rings. The van der Waals surface area contributed by atoms with Crippen molar-refractivity contribution in [3.05, 3.63) is 28.5 Å². The van der Waals surface area contributed by atoms with Crippen LogP contribution in [0.3, 0.4) is 0 Å². The van der Waals surface area contributed by atoms with Crippen molar-refractivity contribution in [2.45, 2.75) is 18.9 Å². The molecular weight excluding hydrogens is 261 g/mol. The van der Waals surface area contributed by atoms with Gasteiger partial charge in [0.2, 0.25) is 0 Å². The van der Waals surface area contributed by atoms with Crippen molar-refractivity contribution in [2.24, 2.45) is 0 Å². The molecule has 2 rings (SSSR count). The lowest BCUT2D eigenvalue weighted by Gasteiger charge is -2.23. The van der Waals surface area contributed by atoms with Gasteiger partial charge in [-0.15, -0.1) is 0 Å². The zero-order valence-corrected chi connectivity index (χ0v) is 9.89. The fourth-order valence-corrected chi connectivity index (χ4v) is 2.01. The number of benzene rings is 1. The van der Waals surface area contributed by atoms with E-state index in [9.17, 15) is 4.39 Å². The second-order valence-corrected chi connectivity index (χ2v) is 4.50. The zero-order valence-electron chi connectivity index (χ0n) is 8.30.